The number of hydrogen-bond acceptors (Lipinski definition) is 4. The minimum Gasteiger partial charge on any atom is -0.460 e. The summed E-state index contributed by atoms with van der Waals surface area (Å²) in [7, 11) is 0. The second-order valence-corrected chi connectivity index (χ2v) is 6.43. The Morgan fingerprint density at radius 3 is 2.48 bits per heavy atom. The van der Waals surface area contributed by atoms with Gasteiger partial charge >= 0.3 is 6.01 Å². The molecule has 1 heterocycles. The fourth-order valence-electron chi connectivity index (χ4n) is 2.73. The number of benzene rings is 1. The topological polar surface area (TPSA) is 64.1 Å². The van der Waals surface area contributed by atoms with Crippen LogP contribution in [0.1, 0.15) is 36.0 Å². The number of aromatic nitrogens is 2. The van der Waals surface area contributed by atoms with Gasteiger partial charge in [0.1, 0.15) is 6.10 Å². The molecule has 0 bridgehead atoms. The zero-order valence-corrected chi connectivity index (χ0v) is 14.2. The van der Waals surface area contributed by atoms with Gasteiger partial charge in [0.2, 0.25) is 0 Å². The maximum absolute atomic E-state index is 12.3. The van der Waals surface area contributed by atoms with Crippen LogP contribution < -0.4 is 10.1 Å². The van der Waals surface area contributed by atoms with Crippen molar-refractivity contribution in [3.05, 3.63) is 52.8 Å². The van der Waals surface area contributed by atoms with Crippen molar-refractivity contribution < 1.29 is 9.53 Å². The minimum absolute atomic E-state index is 0.0340. The second kappa shape index (κ2) is 7.55. The molecule has 6 heteroatoms. The molecule has 2 aromatic rings. The lowest BCUT2D eigenvalue weighted by atomic mass is 9.92. The highest BCUT2D eigenvalue weighted by Crippen LogP contribution is 2.23. The lowest BCUT2D eigenvalue weighted by Gasteiger charge is -2.28. The maximum atomic E-state index is 12.3. The predicted molar refractivity (Wildman–Crippen MR) is 90.3 cm³/mol. The number of nitrogens with zero attached hydrogens (tertiary/aromatic N) is 2. The van der Waals surface area contributed by atoms with Crippen LogP contribution in [0, 0.1) is 0 Å². The first-order valence-corrected chi connectivity index (χ1v) is 8.51. The van der Waals surface area contributed by atoms with Gasteiger partial charge in [-0.15, -0.1) is 0 Å². The molecule has 1 fully saturated rings. The molecule has 0 aliphatic heterocycles. The van der Waals surface area contributed by atoms with Gasteiger partial charge in [-0.3, -0.25) is 4.79 Å². The molecule has 0 spiro atoms. The van der Waals surface area contributed by atoms with E-state index in [2.05, 4.69) is 31.2 Å². The molecule has 1 aromatic heterocycles. The zero-order valence-electron chi connectivity index (χ0n) is 12.6. The summed E-state index contributed by atoms with van der Waals surface area (Å²) in [6, 6.07) is 9.83. The van der Waals surface area contributed by atoms with Gasteiger partial charge in [0.05, 0.1) is 5.56 Å². The highest BCUT2D eigenvalue weighted by Gasteiger charge is 2.24. The van der Waals surface area contributed by atoms with Crippen LogP contribution >= 0.6 is 15.9 Å². The Bertz CT molecular complexity index is 658. The monoisotopic (exact) mass is 375 g/mol. The van der Waals surface area contributed by atoms with Gasteiger partial charge < -0.3 is 10.1 Å². The SMILES string of the molecule is O=C(NC1CCC(Oc2ncccn2)CC1)c1ccccc1Br. The Balaban J connectivity index is 1.49. The van der Waals surface area contributed by atoms with Crippen LogP contribution in [0.25, 0.3) is 0 Å². The quantitative estimate of drug-likeness (QED) is 0.889. The lowest BCUT2D eigenvalue weighted by molar-refractivity contribution is 0.0884. The Labute approximate surface area is 143 Å². The normalized spacial score (nSPS) is 20.7. The average Bonchev–Trinajstić information content (AvgIpc) is 2.58. The van der Waals surface area contributed by atoms with Crippen LogP contribution in [-0.4, -0.2) is 28.0 Å². The third kappa shape index (κ3) is 4.28. The van der Waals surface area contributed by atoms with Gasteiger partial charge in [-0.2, -0.15) is 0 Å². The smallest absolute Gasteiger partial charge is 0.316 e. The molecule has 1 amide bonds. The summed E-state index contributed by atoms with van der Waals surface area (Å²) in [5.74, 6) is -0.0340. The number of hydrogen-bond donors (Lipinski definition) is 1. The van der Waals surface area contributed by atoms with E-state index in [-0.39, 0.29) is 18.1 Å². The summed E-state index contributed by atoms with van der Waals surface area (Å²) in [5, 5.41) is 3.10. The molecule has 0 saturated heterocycles. The average molecular weight is 376 g/mol. The zero-order chi connectivity index (χ0) is 16.1. The van der Waals surface area contributed by atoms with E-state index in [4.69, 9.17) is 4.74 Å². The van der Waals surface area contributed by atoms with Crippen LogP contribution in [0.15, 0.2) is 47.2 Å². The number of rotatable bonds is 4. The first-order valence-electron chi connectivity index (χ1n) is 7.71. The van der Waals surface area contributed by atoms with Gasteiger partial charge in [0.15, 0.2) is 0 Å². The molecule has 1 aromatic carbocycles. The summed E-state index contributed by atoms with van der Waals surface area (Å²) in [6.07, 6.45) is 7.03. The molecule has 0 unspecified atom stereocenters. The molecule has 3 rings (SSSR count). The van der Waals surface area contributed by atoms with E-state index in [0.29, 0.717) is 11.6 Å². The first-order chi connectivity index (χ1) is 11.2. The van der Waals surface area contributed by atoms with E-state index < -0.39 is 0 Å². The van der Waals surface area contributed by atoms with Gasteiger partial charge in [0, 0.05) is 22.9 Å². The molecule has 120 valence electrons. The van der Waals surface area contributed by atoms with Crippen molar-refractivity contribution in [3.8, 4) is 6.01 Å². The highest BCUT2D eigenvalue weighted by molar-refractivity contribution is 9.10. The predicted octanol–water partition coefficient (Wildman–Crippen LogP) is 3.36. The van der Waals surface area contributed by atoms with E-state index in [1.54, 1.807) is 18.5 Å². The summed E-state index contributed by atoms with van der Waals surface area (Å²) in [4.78, 5) is 20.5. The fraction of sp³-hybridized carbons (Fsp3) is 0.353. The van der Waals surface area contributed by atoms with Crippen molar-refractivity contribution in [1.82, 2.24) is 15.3 Å². The molecule has 0 atom stereocenters. The van der Waals surface area contributed by atoms with Gasteiger partial charge in [0.25, 0.3) is 5.91 Å². The standard InChI is InChI=1S/C17H18BrN3O2/c18-15-5-2-1-4-14(15)16(22)21-12-6-8-13(9-7-12)23-17-19-10-3-11-20-17/h1-5,10-13H,6-9H2,(H,21,22). The third-order valence-corrected chi connectivity index (χ3v) is 4.63. The number of ether oxygens (including phenoxy) is 1. The molecule has 1 aliphatic carbocycles. The summed E-state index contributed by atoms with van der Waals surface area (Å²) < 4.78 is 6.59. The molecule has 5 nitrogen and oxygen atoms in total. The van der Waals surface area contributed by atoms with Crippen LogP contribution in [0.2, 0.25) is 0 Å². The van der Waals surface area contributed by atoms with Crippen molar-refractivity contribution in [2.75, 3.05) is 0 Å². The van der Waals surface area contributed by atoms with Gasteiger partial charge in [-0.05, 0) is 59.8 Å². The number of nitrogens with one attached hydrogen (secondary N) is 1. The number of amides is 1. The number of halogens is 1. The summed E-state index contributed by atoms with van der Waals surface area (Å²) in [6.45, 7) is 0. The fourth-order valence-corrected chi connectivity index (χ4v) is 3.19. The Kier molecular flexibility index (Phi) is 5.23. The Morgan fingerprint density at radius 2 is 1.78 bits per heavy atom. The van der Waals surface area contributed by atoms with Crippen molar-refractivity contribution >= 4 is 21.8 Å². The molecule has 1 saturated carbocycles. The molecule has 1 N–H and O–H groups in total. The van der Waals surface area contributed by atoms with E-state index in [1.165, 1.54) is 0 Å². The van der Waals surface area contributed by atoms with E-state index >= 15 is 0 Å². The van der Waals surface area contributed by atoms with E-state index in [1.807, 2.05) is 24.3 Å². The van der Waals surface area contributed by atoms with Gasteiger partial charge in [-0.1, -0.05) is 12.1 Å². The Hall–Kier alpha value is -1.95. The number of carbonyl (C=O) groups is 1. The van der Waals surface area contributed by atoms with Crippen LogP contribution in [0.5, 0.6) is 6.01 Å². The largest absolute Gasteiger partial charge is 0.460 e. The van der Waals surface area contributed by atoms with Crippen LogP contribution in [0.4, 0.5) is 0 Å². The molecule has 1 aliphatic rings. The first kappa shape index (κ1) is 15.9. The number of carbonyl (C=O) groups excluding carboxylic acids is 1. The van der Waals surface area contributed by atoms with Crippen LogP contribution in [0.3, 0.4) is 0 Å². The van der Waals surface area contributed by atoms with Crippen molar-refractivity contribution in [2.24, 2.45) is 0 Å². The van der Waals surface area contributed by atoms with E-state index in [0.717, 1.165) is 30.2 Å². The molecule has 23 heavy (non-hydrogen) atoms. The van der Waals surface area contributed by atoms with E-state index in [9.17, 15) is 4.79 Å². The molecular formula is C17H18BrN3O2. The second-order valence-electron chi connectivity index (χ2n) is 5.58. The minimum atomic E-state index is -0.0340. The van der Waals surface area contributed by atoms with Gasteiger partial charge in [-0.25, -0.2) is 9.97 Å². The van der Waals surface area contributed by atoms with Crippen molar-refractivity contribution in [2.45, 2.75) is 37.8 Å². The van der Waals surface area contributed by atoms with Crippen LogP contribution in [-0.2, 0) is 0 Å². The van der Waals surface area contributed by atoms with Crippen molar-refractivity contribution in [1.29, 1.82) is 0 Å². The maximum Gasteiger partial charge on any atom is 0.316 e. The molecular weight excluding hydrogens is 358 g/mol. The Morgan fingerprint density at radius 1 is 1.09 bits per heavy atom. The molecule has 0 radical (unpaired) electrons. The highest BCUT2D eigenvalue weighted by atomic mass is 79.9. The van der Waals surface area contributed by atoms with Crippen molar-refractivity contribution in [3.63, 3.8) is 0 Å². The summed E-state index contributed by atoms with van der Waals surface area (Å²) in [5.41, 5.74) is 0.670. The summed E-state index contributed by atoms with van der Waals surface area (Å²) >= 11 is 3.41. The third-order valence-electron chi connectivity index (χ3n) is 3.94. The lowest BCUT2D eigenvalue weighted by Crippen LogP contribution is -2.39.